The van der Waals surface area contributed by atoms with Gasteiger partial charge >= 0.3 is 0 Å². The summed E-state index contributed by atoms with van der Waals surface area (Å²) >= 11 is 0. The quantitative estimate of drug-likeness (QED) is 0.668. The Labute approximate surface area is 121 Å². The molecule has 0 spiro atoms. The fraction of sp³-hybridized carbons (Fsp3) is 0.643. The maximum Gasteiger partial charge on any atom is 0.253 e. The van der Waals surface area contributed by atoms with Gasteiger partial charge in [0.25, 0.3) is 11.9 Å². The molecule has 0 atom stereocenters. The van der Waals surface area contributed by atoms with Crippen molar-refractivity contribution in [3.8, 4) is 0 Å². The van der Waals surface area contributed by atoms with Crippen LogP contribution in [0, 0.1) is 23.5 Å². The first-order valence-corrected chi connectivity index (χ1v) is 7.14. The maximum absolute atomic E-state index is 13.4. The highest BCUT2D eigenvalue weighted by atomic mass is 19.2. The summed E-state index contributed by atoms with van der Waals surface area (Å²) in [4.78, 5) is 4.62. The molecule has 1 aromatic heterocycles. The van der Waals surface area contributed by atoms with Crippen LogP contribution in [0.1, 0.15) is 32.1 Å². The summed E-state index contributed by atoms with van der Waals surface area (Å²) in [6.45, 7) is 0.735. The molecule has 0 amide bonds. The molecule has 1 aliphatic carbocycles. The van der Waals surface area contributed by atoms with Crippen LogP contribution in [-0.4, -0.2) is 36.1 Å². The number of rotatable bonds is 5. The summed E-state index contributed by atoms with van der Waals surface area (Å²) in [6.07, 6.45) is 5.84. The van der Waals surface area contributed by atoms with Gasteiger partial charge in [0.05, 0.1) is 0 Å². The molecule has 21 heavy (non-hydrogen) atoms. The van der Waals surface area contributed by atoms with Crippen LogP contribution in [0.5, 0.6) is 0 Å². The third kappa shape index (κ3) is 3.84. The van der Waals surface area contributed by atoms with Gasteiger partial charge in [-0.1, -0.05) is 19.3 Å². The van der Waals surface area contributed by atoms with Gasteiger partial charge < -0.3 is 10.2 Å². The van der Waals surface area contributed by atoms with Gasteiger partial charge in [-0.2, -0.15) is 22.5 Å². The fourth-order valence-electron chi connectivity index (χ4n) is 2.70. The molecule has 0 saturated heterocycles. The SMILES string of the molecule is CN(CCNc1c(F)c(F)nc(F)c1F)C1CCCCC1. The van der Waals surface area contributed by atoms with Gasteiger partial charge in [-0.15, -0.1) is 0 Å². The van der Waals surface area contributed by atoms with Crippen molar-refractivity contribution in [1.82, 2.24) is 9.88 Å². The summed E-state index contributed by atoms with van der Waals surface area (Å²) in [7, 11) is 1.94. The molecule has 1 aliphatic rings. The van der Waals surface area contributed by atoms with E-state index in [2.05, 4.69) is 15.2 Å². The lowest BCUT2D eigenvalue weighted by atomic mass is 9.94. The number of nitrogens with zero attached hydrogens (tertiary/aromatic N) is 2. The highest BCUT2D eigenvalue weighted by Gasteiger charge is 2.21. The van der Waals surface area contributed by atoms with E-state index in [4.69, 9.17) is 0 Å². The number of anilines is 1. The minimum Gasteiger partial charge on any atom is -0.379 e. The van der Waals surface area contributed by atoms with Crippen LogP contribution in [0.15, 0.2) is 0 Å². The van der Waals surface area contributed by atoms with E-state index in [1.165, 1.54) is 19.3 Å². The lowest BCUT2D eigenvalue weighted by Gasteiger charge is -2.31. The molecule has 0 unspecified atom stereocenters. The van der Waals surface area contributed by atoms with Crippen LogP contribution in [0.25, 0.3) is 0 Å². The average Bonchev–Trinajstić information content (AvgIpc) is 2.49. The molecule has 7 heteroatoms. The van der Waals surface area contributed by atoms with Crippen LogP contribution in [0.4, 0.5) is 23.2 Å². The number of halogens is 4. The second-order valence-corrected chi connectivity index (χ2v) is 5.40. The van der Waals surface area contributed by atoms with Crippen LogP contribution in [-0.2, 0) is 0 Å². The largest absolute Gasteiger partial charge is 0.379 e. The number of likely N-dealkylation sites (N-methyl/N-ethyl adjacent to an activating group) is 1. The fourth-order valence-corrected chi connectivity index (χ4v) is 2.70. The van der Waals surface area contributed by atoms with E-state index in [9.17, 15) is 17.6 Å². The van der Waals surface area contributed by atoms with E-state index in [0.717, 1.165) is 12.8 Å². The van der Waals surface area contributed by atoms with E-state index in [0.29, 0.717) is 12.6 Å². The standard InChI is InChI=1S/C14H19F4N3/c1-21(9-5-3-2-4-6-9)8-7-19-12-10(15)13(17)20-14(18)11(12)16/h9H,2-8H2,1H3,(H,19,20). The number of aromatic nitrogens is 1. The predicted molar refractivity (Wildman–Crippen MR) is 72.1 cm³/mol. The Kier molecular flexibility index (Phi) is 5.39. The van der Waals surface area contributed by atoms with Gasteiger partial charge in [0, 0.05) is 19.1 Å². The van der Waals surface area contributed by atoms with E-state index in [1.807, 2.05) is 7.05 Å². The third-order valence-corrected chi connectivity index (χ3v) is 3.96. The lowest BCUT2D eigenvalue weighted by molar-refractivity contribution is 0.198. The number of nitrogens with one attached hydrogen (secondary N) is 1. The van der Waals surface area contributed by atoms with Crippen molar-refractivity contribution >= 4 is 5.69 Å². The molecule has 1 aromatic rings. The minimum atomic E-state index is -1.64. The van der Waals surface area contributed by atoms with Gasteiger partial charge in [0.15, 0.2) is 0 Å². The van der Waals surface area contributed by atoms with Crippen LogP contribution < -0.4 is 5.32 Å². The highest BCUT2D eigenvalue weighted by Crippen LogP contribution is 2.23. The zero-order valence-corrected chi connectivity index (χ0v) is 11.9. The topological polar surface area (TPSA) is 28.2 Å². The van der Waals surface area contributed by atoms with Crippen molar-refractivity contribution in [2.45, 2.75) is 38.1 Å². The first-order chi connectivity index (χ1) is 10.0. The van der Waals surface area contributed by atoms with Crippen molar-refractivity contribution in [1.29, 1.82) is 0 Å². The van der Waals surface area contributed by atoms with E-state index < -0.39 is 29.2 Å². The zero-order valence-electron chi connectivity index (χ0n) is 11.9. The molecule has 3 nitrogen and oxygen atoms in total. The Balaban J connectivity index is 1.91. The van der Waals surface area contributed by atoms with Crippen molar-refractivity contribution in [3.63, 3.8) is 0 Å². The second kappa shape index (κ2) is 7.06. The minimum absolute atomic E-state index is 0.198. The van der Waals surface area contributed by atoms with E-state index in [-0.39, 0.29) is 6.54 Å². The number of hydrogen-bond acceptors (Lipinski definition) is 3. The summed E-state index contributed by atoms with van der Waals surface area (Å²) in [5, 5.41) is 2.42. The first-order valence-electron chi connectivity index (χ1n) is 7.14. The van der Waals surface area contributed by atoms with Gasteiger partial charge in [0.1, 0.15) is 5.69 Å². The van der Waals surface area contributed by atoms with Gasteiger partial charge in [0.2, 0.25) is 11.6 Å². The highest BCUT2D eigenvalue weighted by molar-refractivity contribution is 5.45. The monoisotopic (exact) mass is 305 g/mol. The Morgan fingerprint density at radius 1 is 1.05 bits per heavy atom. The molecule has 2 rings (SSSR count). The van der Waals surface area contributed by atoms with Crippen LogP contribution in [0.2, 0.25) is 0 Å². The Morgan fingerprint density at radius 3 is 2.19 bits per heavy atom. The lowest BCUT2D eigenvalue weighted by Crippen LogP contribution is -2.36. The molecular weight excluding hydrogens is 286 g/mol. The first kappa shape index (κ1) is 16.0. The maximum atomic E-state index is 13.4. The third-order valence-electron chi connectivity index (χ3n) is 3.96. The van der Waals surface area contributed by atoms with E-state index >= 15 is 0 Å². The smallest absolute Gasteiger partial charge is 0.253 e. The Morgan fingerprint density at radius 2 is 1.62 bits per heavy atom. The molecular formula is C14H19F4N3. The molecule has 1 fully saturated rings. The molecule has 1 N–H and O–H groups in total. The Bertz CT molecular complexity index is 463. The van der Waals surface area contributed by atoms with Crippen molar-refractivity contribution in [2.24, 2.45) is 0 Å². The molecule has 1 heterocycles. The van der Waals surface area contributed by atoms with Gasteiger partial charge in [-0.3, -0.25) is 0 Å². The van der Waals surface area contributed by atoms with Gasteiger partial charge in [-0.05, 0) is 19.9 Å². The summed E-state index contributed by atoms with van der Waals surface area (Å²) in [5.74, 6) is -6.27. The summed E-state index contributed by atoms with van der Waals surface area (Å²) in [5.41, 5.74) is -0.794. The van der Waals surface area contributed by atoms with E-state index in [1.54, 1.807) is 0 Å². The normalized spacial score (nSPS) is 16.5. The van der Waals surface area contributed by atoms with Crippen LogP contribution in [0.3, 0.4) is 0 Å². The second-order valence-electron chi connectivity index (χ2n) is 5.40. The average molecular weight is 305 g/mol. The molecule has 1 saturated carbocycles. The number of pyridine rings is 1. The zero-order chi connectivity index (χ0) is 15.4. The van der Waals surface area contributed by atoms with Gasteiger partial charge in [-0.25, -0.2) is 0 Å². The van der Waals surface area contributed by atoms with Crippen molar-refractivity contribution in [2.75, 3.05) is 25.5 Å². The molecule has 0 bridgehead atoms. The molecule has 0 aliphatic heterocycles. The Hall–Kier alpha value is -1.37. The predicted octanol–water partition coefficient (Wildman–Crippen LogP) is 3.31. The van der Waals surface area contributed by atoms with Crippen molar-refractivity contribution in [3.05, 3.63) is 23.5 Å². The van der Waals surface area contributed by atoms with Crippen molar-refractivity contribution < 1.29 is 17.6 Å². The van der Waals surface area contributed by atoms with Crippen LogP contribution >= 0.6 is 0 Å². The molecule has 0 aromatic carbocycles. The summed E-state index contributed by atoms with van der Waals surface area (Å²) in [6, 6.07) is 0.459. The number of hydrogen-bond donors (Lipinski definition) is 1. The molecule has 0 radical (unpaired) electrons. The molecule has 118 valence electrons. The summed E-state index contributed by atoms with van der Waals surface area (Å²) < 4.78 is 52.7.